The van der Waals surface area contributed by atoms with Gasteiger partial charge in [0.2, 0.25) is 11.8 Å². The highest BCUT2D eigenvalue weighted by Gasteiger charge is 2.33. The third kappa shape index (κ3) is 4.33. The van der Waals surface area contributed by atoms with Gasteiger partial charge < -0.3 is 25.6 Å². The molecule has 0 radical (unpaired) electrons. The summed E-state index contributed by atoms with van der Waals surface area (Å²) in [6.07, 6.45) is -1.05. The number of rotatable bonds is 5. The molecular weight excluding hydrogens is 369 g/mol. The smallest absolute Gasteiger partial charge is 0.414 e. The first-order chi connectivity index (χ1) is 13.4. The molecule has 3 amide bonds. The van der Waals surface area contributed by atoms with Crippen LogP contribution >= 0.6 is 0 Å². The predicted molar refractivity (Wildman–Crippen MR) is 101 cm³/mol. The van der Waals surface area contributed by atoms with Crippen molar-refractivity contribution in [2.24, 2.45) is 5.73 Å². The molecule has 10 heteroatoms. The van der Waals surface area contributed by atoms with Gasteiger partial charge in [0.05, 0.1) is 31.0 Å². The summed E-state index contributed by atoms with van der Waals surface area (Å²) < 4.78 is 19.9. The number of hydrogen-bond acceptors (Lipinski definition) is 6. The van der Waals surface area contributed by atoms with Gasteiger partial charge in [-0.25, -0.2) is 9.18 Å². The Morgan fingerprint density at radius 1 is 1.29 bits per heavy atom. The minimum absolute atomic E-state index is 0.0298. The van der Waals surface area contributed by atoms with Crippen molar-refractivity contribution in [1.82, 2.24) is 10.2 Å². The molecule has 0 aromatic heterocycles. The van der Waals surface area contributed by atoms with Crippen LogP contribution in [0.3, 0.4) is 0 Å². The maximum atomic E-state index is 14.7. The van der Waals surface area contributed by atoms with Gasteiger partial charge in [-0.05, 0) is 18.2 Å². The third-order valence-corrected chi connectivity index (χ3v) is 4.84. The summed E-state index contributed by atoms with van der Waals surface area (Å²) in [4.78, 5) is 39.6. The molecule has 1 aromatic carbocycles. The maximum absolute atomic E-state index is 14.7. The SMILES string of the molecule is CC(=O)NCC1CN(c2ccc(N3CCN(C(=O)CN)CC3)c(F)c2)C(=O)O1. The van der Waals surface area contributed by atoms with Crippen LogP contribution in [0.15, 0.2) is 18.2 Å². The van der Waals surface area contributed by atoms with Crippen molar-refractivity contribution in [3.05, 3.63) is 24.0 Å². The van der Waals surface area contributed by atoms with Gasteiger partial charge in [-0.3, -0.25) is 14.5 Å². The quantitative estimate of drug-likeness (QED) is 0.723. The van der Waals surface area contributed by atoms with E-state index in [1.165, 1.54) is 17.9 Å². The van der Waals surface area contributed by atoms with E-state index in [1.54, 1.807) is 17.0 Å². The monoisotopic (exact) mass is 393 g/mol. The molecule has 3 rings (SSSR count). The van der Waals surface area contributed by atoms with Crippen LogP contribution in [0.1, 0.15) is 6.92 Å². The van der Waals surface area contributed by atoms with E-state index in [2.05, 4.69) is 5.32 Å². The molecule has 3 N–H and O–H groups in total. The van der Waals surface area contributed by atoms with Crippen molar-refractivity contribution in [2.45, 2.75) is 13.0 Å². The van der Waals surface area contributed by atoms with Gasteiger partial charge in [0, 0.05) is 33.1 Å². The second-order valence-corrected chi connectivity index (χ2v) is 6.76. The molecular formula is C18H24FN5O4. The predicted octanol–water partition coefficient (Wildman–Crippen LogP) is -0.106. The summed E-state index contributed by atoms with van der Waals surface area (Å²) in [6.45, 7) is 3.79. The Hall–Kier alpha value is -2.88. The average molecular weight is 393 g/mol. The van der Waals surface area contributed by atoms with Crippen molar-refractivity contribution < 1.29 is 23.5 Å². The number of nitrogens with one attached hydrogen (secondary N) is 1. The minimum Gasteiger partial charge on any atom is -0.442 e. The van der Waals surface area contributed by atoms with Crippen molar-refractivity contribution >= 4 is 29.3 Å². The molecule has 2 fully saturated rings. The Bertz CT molecular complexity index is 766. The van der Waals surface area contributed by atoms with Crippen LogP contribution in [0.4, 0.5) is 20.6 Å². The largest absolute Gasteiger partial charge is 0.442 e. The van der Waals surface area contributed by atoms with Crippen LogP contribution in [0.25, 0.3) is 0 Å². The van der Waals surface area contributed by atoms with E-state index in [9.17, 15) is 18.8 Å². The topological polar surface area (TPSA) is 108 Å². The van der Waals surface area contributed by atoms with Crippen LogP contribution in [-0.4, -0.2) is 74.7 Å². The summed E-state index contributed by atoms with van der Waals surface area (Å²) in [5.74, 6) is -0.774. The van der Waals surface area contributed by atoms with Gasteiger partial charge in [0.1, 0.15) is 11.9 Å². The second kappa shape index (κ2) is 8.42. The number of carbonyl (C=O) groups excluding carboxylic acids is 3. The van der Waals surface area contributed by atoms with Gasteiger partial charge in [0.25, 0.3) is 0 Å². The lowest BCUT2D eigenvalue weighted by Gasteiger charge is -2.36. The Balaban J connectivity index is 1.64. The number of amides is 3. The molecule has 1 atom stereocenters. The molecule has 0 aliphatic carbocycles. The van der Waals surface area contributed by atoms with Crippen LogP contribution in [0, 0.1) is 5.82 Å². The average Bonchev–Trinajstić information content (AvgIpc) is 3.06. The lowest BCUT2D eigenvalue weighted by atomic mass is 10.2. The van der Waals surface area contributed by atoms with E-state index >= 15 is 0 Å². The van der Waals surface area contributed by atoms with Gasteiger partial charge >= 0.3 is 6.09 Å². The van der Waals surface area contributed by atoms with Crippen LogP contribution in [0.2, 0.25) is 0 Å². The fraction of sp³-hybridized carbons (Fsp3) is 0.500. The number of nitrogens with zero attached hydrogens (tertiary/aromatic N) is 3. The number of ether oxygens (including phenoxy) is 1. The highest BCUT2D eigenvalue weighted by atomic mass is 19.1. The lowest BCUT2D eigenvalue weighted by molar-refractivity contribution is -0.130. The van der Waals surface area contributed by atoms with E-state index in [1.807, 2.05) is 4.90 Å². The molecule has 2 saturated heterocycles. The van der Waals surface area contributed by atoms with E-state index in [0.717, 1.165) is 0 Å². The van der Waals surface area contributed by atoms with E-state index in [0.29, 0.717) is 37.6 Å². The fourth-order valence-electron chi connectivity index (χ4n) is 3.34. The molecule has 152 valence electrons. The molecule has 28 heavy (non-hydrogen) atoms. The first-order valence-electron chi connectivity index (χ1n) is 9.14. The van der Waals surface area contributed by atoms with Gasteiger partial charge in [-0.15, -0.1) is 0 Å². The Morgan fingerprint density at radius 3 is 2.61 bits per heavy atom. The number of carbonyl (C=O) groups is 3. The zero-order chi connectivity index (χ0) is 20.3. The number of hydrogen-bond donors (Lipinski definition) is 2. The van der Waals surface area contributed by atoms with Crippen LogP contribution in [0.5, 0.6) is 0 Å². The lowest BCUT2D eigenvalue weighted by Crippen LogP contribution is -2.50. The zero-order valence-corrected chi connectivity index (χ0v) is 15.7. The number of benzene rings is 1. The van der Waals surface area contributed by atoms with Crippen LogP contribution in [-0.2, 0) is 14.3 Å². The number of nitrogens with two attached hydrogens (primary N) is 1. The Kier molecular flexibility index (Phi) is 5.98. The Morgan fingerprint density at radius 2 is 2.00 bits per heavy atom. The van der Waals surface area contributed by atoms with E-state index in [4.69, 9.17) is 10.5 Å². The number of cyclic esters (lactones) is 1. The summed E-state index contributed by atoms with van der Waals surface area (Å²) >= 11 is 0. The van der Waals surface area contributed by atoms with Crippen molar-refractivity contribution in [3.63, 3.8) is 0 Å². The standard InChI is InChI=1S/C18H24FN5O4/c1-12(25)21-10-14-11-24(18(27)28-14)13-2-3-16(15(19)8-13)22-4-6-23(7-5-22)17(26)9-20/h2-3,8,14H,4-7,9-11,20H2,1H3,(H,21,25). The highest BCUT2D eigenvalue weighted by Crippen LogP contribution is 2.28. The summed E-state index contributed by atoms with van der Waals surface area (Å²) in [5.41, 5.74) is 6.19. The van der Waals surface area contributed by atoms with Crippen molar-refractivity contribution in [3.8, 4) is 0 Å². The molecule has 2 heterocycles. The maximum Gasteiger partial charge on any atom is 0.414 e. The second-order valence-electron chi connectivity index (χ2n) is 6.76. The normalized spacial score (nSPS) is 19.6. The number of piperazine rings is 1. The van der Waals surface area contributed by atoms with Crippen LogP contribution < -0.4 is 20.9 Å². The minimum atomic E-state index is -0.573. The van der Waals surface area contributed by atoms with Crippen molar-refractivity contribution in [2.75, 3.05) is 55.6 Å². The number of anilines is 2. The summed E-state index contributed by atoms with van der Waals surface area (Å²) in [6, 6.07) is 4.59. The molecule has 2 aliphatic rings. The molecule has 1 unspecified atom stereocenters. The molecule has 0 saturated carbocycles. The van der Waals surface area contributed by atoms with E-state index < -0.39 is 18.0 Å². The zero-order valence-electron chi connectivity index (χ0n) is 15.7. The van der Waals surface area contributed by atoms with Gasteiger partial charge in [-0.2, -0.15) is 0 Å². The van der Waals surface area contributed by atoms with Gasteiger partial charge in [-0.1, -0.05) is 0 Å². The molecule has 0 bridgehead atoms. The molecule has 9 nitrogen and oxygen atoms in total. The highest BCUT2D eigenvalue weighted by molar-refractivity contribution is 5.90. The first-order valence-corrected chi connectivity index (χ1v) is 9.14. The summed E-state index contributed by atoms with van der Waals surface area (Å²) in [5, 5.41) is 2.60. The Labute approximate surface area is 162 Å². The fourth-order valence-corrected chi connectivity index (χ4v) is 3.34. The number of halogens is 1. The first kappa shape index (κ1) is 19.9. The van der Waals surface area contributed by atoms with Gasteiger partial charge in [0.15, 0.2) is 0 Å². The molecule has 0 spiro atoms. The van der Waals surface area contributed by atoms with E-state index in [-0.39, 0.29) is 31.4 Å². The third-order valence-electron chi connectivity index (χ3n) is 4.84. The van der Waals surface area contributed by atoms with Crippen molar-refractivity contribution in [1.29, 1.82) is 0 Å². The summed E-state index contributed by atoms with van der Waals surface area (Å²) in [7, 11) is 0. The molecule has 1 aromatic rings. The molecule has 2 aliphatic heterocycles.